The van der Waals surface area contributed by atoms with Crippen LogP contribution in [-0.4, -0.2) is 46.8 Å². The fourth-order valence-electron chi connectivity index (χ4n) is 2.54. The summed E-state index contributed by atoms with van der Waals surface area (Å²) in [7, 11) is -2.47. The van der Waals surface area contributed by atoms with Gasteiger partial charge in [0.1, 0.15) is 12.3 Å². The second-order valence-corrected chi connectivity index (χ2v) is 8.24. The molecule has 2 aromatic rings. The molecule has 0 aliphatic rings. The summed E-state index contributed by atoms with van der Waals surface area (Å²) >= 11 is 5.99. The van der Waals surface area contributed by atoms with Crippen LogP contribution in [0.15, 0.2) is 42.5 Å². The Morgan fingerprint density at radius 2 is 1.86 bits per heavy atom. The van der Waals surface area contributed by atoms with Crippen LogP contribution in [0.5, 0.6) is 5.75 Å². The zero-order chi connectivity index (χ0) is 21.6. The van der Waals surface area contributed by atoms with Gasteiger partial charge in [0.25, 0.3) is 0 Å². The van der Waals surface area contributed by atoms with E-state index in [-0.39, 0.29) is 34.3 Å². The van der Waals surface area contributed by atoms with Gasteiger partial charge in [0.2, 0.25) is 15.9 Å². The predicted molar refractivity (Wildman–Crippen MR) is 111 cm³/mol. The first kappa shape index (κ1) is 22.5. The van der Waals surface area contributed by atoms with Crippen LogP contribution in [0.3, 0.4) is 0 Å². The highest BCUT2D eigenvalue weighted by atomic mass is 35.5. The zero-order valence-electron chi connectivity index (χ0n) is 16.1. The zero-order valence-corrected chi connectivity index (χ0v) is 17.7. The van der Waals surface area contributed by atoms with Crippen molar-refractivity contribution in [2.75, 3.05) is 36.1 Å². The fraction of sp³-hybridized carbons (Fsp3) is 0.263. The van der Waals surface area contributed by atoms with Gasteiger partial charge < -0.3 is 14.8 Å². The van der Waals surface area contributed by atoms with Crippen molar-refractivity contribution >= 4 is 44.9 Å². The molecule has 0 atom stereocenters. The number of carbonyl (C=O) groups excluding carboxylic acids is 2. The van der Waals surface area contributed by atoms with E-state index in [4.69, 9.17) is 21.1 Å². The molecule has 2 aromatic carbocycles. The molecule has 0 fully saturated rings. The van der Waals surface area contributed by atoms with Gasteiger partial charge in [-0.15, -0.1) is 0 Å². The number of methoxy groups -OCH3 is 1. The van der Waals surface area contributed by atoms with Gasteiger partial charge in [-0.2, -0.15) is 0 Å². The molecule has 0 heterocycles. The molecule has 0 saturated heterocycles. The van der Waals surface area contributed by atoms with Gasteiger partial charge in [0, 0.05) is 5.02 Å². The Hall–Kier alpha value is -2.78. The lowest BCUT2D eigenvalue weighted by atomic mass is 10.2. The largest absolute Gasteiger partial charge is 0.495 e. The number of para-hydroxylation sites is 1. The SMILES string of the molecule is CCOC(=O)c1ccccc1NC(=O)CN(c1cc(Cl)ccc1OC)S(C)(=O)=O. The van der Waals surface area contributed by atoms with Crippen molar-refractivity contribution in [3.63, 3.8) is 0 Å². The Kier molecular flexibility index (Phi) is 7.46. The van der Waals surface area contributed by atoms with E-state index in [2.05, 4.69) is 5.32 Å². The maximum absolute atomic E-state index is 12.6. The van der Waals surface area contributed by atoms with Crippen molar-refractivity contribution in [2.24, 2.45) is 0 Å². The van der Waals surface area contributed by atoms with Crippen molar-refractivity contribution in [2.45, 2.75) is 6.92 Å². The number of rotatable bonds is 8. The van der Waals surface area contributed by atoms with E-state index < -0.39 is 28.4 Å². The van der Waals surface area contributed by atoms with E-state index in [1.807, 2.05) is 0 Å². The molecule has 10 heteroatoms. The van der Waals surface area contributed by atoms with Crippen molar-refractivity contribution in [3.05, 3.63) is 53.1 Å². The summed E-state index contributed by atoms with van der Waals surface area (Å²) in [6.07, 6.45) is 0.965. The molecule has 8 nitrogen and oxygen atoms in total. The van der Waals surface area contributed by atoms with Crippen molar-refractivity contribution in [1.29, 1.82) is 0 Å². The average Bonchev–Trinajstić information content (AvgIpc) is 2.66. The van der Waals surface area contributed by atoms with Gasteiger partial charge >= 0.3 is 5.97 Å². The quantitative estimate of drug-likeness (QED) is 0.633. The number of nitrogens with one attached hydrogen (secondary N) is 1. The van der Waals surface area contributed by atoms with Crippen LogP contribution < -0.4 is 14.4 Å². The third-order valence-corrected chi connectivity index (χ3v) is 5.16. The van der Waals surface area contributed by atoms with E-state index in [0.29, 0.717) is 0 Å². The van der Waals surface area contributed by atoms with E-state index in [0.717, 1.165) is 10.6 Å². The average molecular weight is 441 g/mol. The highest BCUT2D eigenvalue weighted by molar-refractivity contribution is 7.92. The van der Waals surface area contributed by atoms with Crippen LogP contribution in [0.4, 0.5) is 11.4 Å². The number of hydrogen-bond acceptors (Lipinski definition) is 6. The summed E-state index contributed by atoms with van der Waals surface area (Å²) < 4.78 is 35.7. The number of nitrogens with zero attached hydrogens (tertiary/aromatic N) is 1. The highest BCUT2D eigenvalue weighted by Crippen LogP contribution is 2.32. The molecule has 156 valence electrons. The standard InChI is InChI=1S/C19H21ClN2O6S/c1-4-28-19(24)14-7-5-6-8-15(14)21-18(23)12-22(29(3,25)26)16-11-13(20)9-10-17(16)27-2/h5-11H,4,12H2,1-3H3,(H,21,23). The van der Waals surface area contributed by atoms with Crippen molar-refractivity contribution < 1.29 is 27.5 Å². The predicted octanol–water partition coefficient (Wildman–Crippen LogP) is 2.93. The number of carbonyl (C=O) groups is 2. The van der Waals surface area contributed by atoms with Crippen LogP contribution in [0, 0.1) is 0 Å². The van der Waals surface area contributed by atoms with Gasteiger partial charge in [0.15, 0.2) is 0 Å². The minimum absolute atomic E-state index is 0.122. The Labute approximate surface area is 174 Å². The Balaban J connectivity index is 2.32. The number of amides is 1. The second kappa shape index (κ2) is 9.62. The van der Waals surface area contributed by atoms with Crippen LogP contribution in [0.25, 0.3) is 0 Å². The molecule has 0 aliphatic carbocycles. The second-order valence-electron chi connectivity index (χ2n) is 5.90. The highest BCUT2D eigenvalue weighted by Gasteiger charge is 2.25. The van der Waals surface area contributed by atoms with Crippen LogP contribution >= 0.6 is 11.6 Å². The summed E-state index contributed by atoms with van der Waals surface area (Å²) in [4.78, 5) is 24.7. The molecule has 2 rings (SSSR count). The van der Waals surface area contributed by atoms with Crippen LogP contribution in [0.2, 0.25) is 5.02 Å². The first-order chi connectivity index (χ1) is 13.7. The molecule has 0 bridgehead atoms. The van der Waals surface area contributed by atoms with Crippen LogP contribution in [0.1, 0.15) is 17.3 Å². The monoisotopic (exact) mass is 440 g/mol. The molecule has 0 aromatic heterocycles. The summed E-state index contributed by atoms with van der Waals surface area (Å²) in [6, 6.07) is 10.7. The van der Waals surface area contributed by atoms with Gasteiger partial charge in [-0.05, 0) is 37.3 Å². The number of anilines is 2. The number of halogens is 1. The fourth-order valence-corrected chi connectivity index (χ4v) is 3.56. The molecule has 29 heavy (non-hydrogen) atoms. The Morgan fingerprint density at radius 3 is 2.48 bits per heavy atom. The van der Waals surface area contributed by atoms with Gasteiger partial charge in [0.05, 0.1) is 36.9 Å². The number of esters is 1. The van der Waals surface area contributed by atoms with Gasteiger partial charge in [-0.25, -0.2) is 13.2 Å². The van der Waals surface area contributed by atoms with Crippen LogP contribution in [-0.2, 0) is 19.6 Å². The summed E-state index contributed by atoms with van der Waals surface area (Å²) in [5, 5.41) is 2.83. The van der Waals surface area contributed by atoms with Crippen molar-refractivity contribution in [1.82, 2.24) is 0 Å². The van der Waals surface area contributed by atoms with Crippen molar-refractivity contribution in [3.8, 4) is 5.75 Å². The maximum Gasteiger partial charge on any atom is 0.340 e. The topological polar surface area (TPSA) is 102 Å². The number of sulfonamides is 1. The molecule has 0 spiro atoms. The molecule has 0 saturated carbocycles. The number of benzene rings is 2. The molecular formula is C19H21ClN2O6S. The lowest BCUT2D eigenvalue weighted by Gasteiger charge is -2.24. The minimum Gasteiger partial charge on any atom is -0.495 e. The third kappa shape index (κ3) is 5.85. The smallest absolute Gasteiger partial charge is 0.340 e. The van der Waals surface area contributed by atoms with E-state index in [1.54, 1.807) is 25.1 Å². The summed E-state index contributed by atoms with van der Waals surface area (Å²) in [5.74, 6) is -1.02. The number of hydrogen-bond donors (Lipinski definition) is 1. The van der Waals surface area contributed by atoms with Gasteiger partial charge in [-0.3, -0.25) is 9.10 Å². The molecular weight excluding hydrogens is 420 g/mol. The first-order valence-electron chi connectivity index (χ1n) is 8.54. The third-order valence-electron chi connectivity index (χ3n) is 3.79. The molecule has 0 radical (unpaired) electrons. The Bertz CT molecular complexity index is 1010. The lowest BCUT2D eigenvalue weighted by Crippen LogP contribution is -2.37. The molecule has 1 N–H and O–H groups in total. The van der Waals surface area contributed by atoms with E-state index in [9.17, 15) is 18.0 Å². The molecule has 0 unspecified atom stereocenters. The number of ether oxygens (including phenoxy) is 2. The van der Waals surface area contributed by atoms with Gasteiger partial charge in [-0.1, -0.05) is 23.7 Å². The normalized spacial score (nSPS) is 10.9. The maximum atomic E-state index is 12.6. The molecule has 0 aliphatic heterocycles. The summed E-state index contributed by atoms with van der Waals surface area (Å²) in [5.41, 5.74) is 0.493. The lowest BCUT2D eigenvalue weighted by molar-refractivity contribution is -0.114. The summed E-state index contributed by atoms with van der Waals surface area (Å²) in [6.45, 7) is 1.30. The first-order valence-corrected chi connectivity index (χ1v) is 10.8. The molecule has 1 amide bonds. The van der Waals surface area contributed by atoms with E-state index >= 15 is 0 Å². The minimum atomic E-state index is -3.85. The Morgan fingerprint density at radius 1 is 1.17 bits per heavy atom. The van der Waals surface area contributed by atoms with E-state index in [1.165, 1.54) is 31.4 Å².